The number of likely N-dealkylation sites (tertiary alicyclic amines) is 1. The molecule has 15 heteroatoms. The van der Waals surface area contributed by atoms with E-state index >= 15 is 0 Å². The zero-order chi connectivity index (χ0) is 32.2. The lowest BCUT2D eigenvalue weighted by molar-refractivity contribution is -0.141. The minimum atomic E-state index is -3.84. The molecule has 3 rings (SSSR count). The van der Waals surface area contributed by atoms with Crippen molar-refractivity contribution >= 4 is 39.7 Å². The molecule has 0 radical (unpaired) electrons. The number of sulfonamides is 1. The molecule has 1 saturated heterocycles. The zero-order valence-electron chi connectivity index (χ0n) is 25.5. The summed E-state index contributed by atoms with van der Waals surface area (Å²) in [5.41, 5.74) is -2.33. The number of hydrogen-bond acceptors (Lipinski definition) is 9. The van der Waals surface area contributed by atoms with Gasteiger partial charge in [0.1, 0.15) is 23.2 Å². The van der Waals surface area contributed by atoms with Gasteiger partial charge in [-0.25, -0.2) is 13.2 Å². The van der Waals surface area contributed by atoms with Crippen LogP contribution in [0.25, 0.3) is 0 Å². The molecular formula is C28H44N6O8S. The summed E-state index contributed by atoms with van der Waals surface area (Å²) < 4.78 is 32.2. The molecule has 0 aromatic carbocycles. The smallest absolute Gasteiger partial charge is 0.408 e. The van der Waals surface area contributed by atoms with E-state index in [0.717, 1.165) is 0 Å². The number of ether oxygens (including phenoxy) is 1. The first-order valence-electron chi connectivity index (χ1n) is 14.4. The third-order valence-electron chi connectivity index (χ3n) is 7.30. The van der Waals surface area contributed by atoms with Gasteiger partial charge in [-0.15, -0.1) is 6.58 Å². The predicted octanol–water partition coefficient (Wildman–Crippen LogP) is -0.226. The summed E-state index contributed by atoms with van der Waals surface area (Å²) in [4.78, 5) is 68.4. The van der Waals surface area contributed by atoms with E-state index in [1.165, 1.54) is 17.1 Å². The van der Waals surface area contributed by atoms with Crippen molar-refractivity contribution in [2.45, 2.75) is 81.3 Å². The topological polar surface area (TPSA) is 183 Å². The van der Waals surface area contributed by atoms with Gasteiger partial charge < -0.3 is 30.5 Å². The quantitative estimate of drug-likeness (QED) is 0.159. The summed E-state index contributed by atoms with van der Waals surface area (Å²) in [5, 5.41) is 7.18. The lowest BCUT2D eigenvalue weighted by Gasteiger charge is -2.30. The molecule has 240 valence electrons. The highest BCUT2D eigenvalue weighted by Gasteiger charge is 2.61. The SMILES string of the molecule is C=C[C@@H]1C[C@]1(NC(=O)[C@@H]1CCCN1C(=O)[C@H](CNC(=O)C=CCN(C)C)NC(=O)OC(C)(C)C)C(=O)NS(=O)(=O)C1CC1. The Morgan fingerprint density at radius 2 is 1.81 bits per heavy atom. The van der Waals surface area contributed by atoms with Crippen LogP contribution >= 0.6 is 0 Å². The normalized spacial score (nSPS) is 24.3. The lowest BCUT2D eigenvalue weighted by Crippen LogP contribution is -2.59. The first kappa shape index (κ1) is 34.0. The molecule has 0 spiro atoms. The zero-order valence-corrected chi connectivity index (χ0v) is 26.3. The van der Waals surface area contributed by atoms with E-state index in [1.54, 1.807) is 26.8 Å². The molecular weight excluding hydrogens is 580 g/mol. The Kier molecular flexibility index (Phi) is 10.6. The fourth-order valence-corrected chi connectivity index (χ4v) is 6.17. The van der Waals surface area contributed by atoms with Gasteiger partial charge in [0.2, 0.25) is 27.7 Å². The van der Waals surface area contributed by atoms with Crippen LogP contribution in [-0.4, -0.2) is 110 Å². The van der Waals surface area contributed by atoms with Crippen LogP contribution in [0.5, 0.6) is 0 Å². The Hall–Kier alpha value is -3.46. The molecule has 5 amide bonds. The van der Waals surface area contributed by atoms with Gasteiger partial charge in [-0.2, -0.15) is 0 Å². The van der Waals surface area contributed by atoms with Gasteiger partial charge in [0.25, 0.3) is 5.91 Å². The summed E-state index contributed by atoms with van der Waals surface area (Å²) in [6.07, 6.45) is 5.45. The number of likely N-dealkylation sites (N-methyl/N-ethyl adjacent to an activating group) is 1. The van der Waals surface area contributed by atoms with Gasteiger partial charge in [0, 0.05) is 31.6 Å². The van der Waals surface area contributed by atoms with Crippen LogP contribution in [0.3, 0.4) is 0 Å². The standard InChI is InChI=1S/C28H44N6O8S/c1-7-18-16-28(18,25(38)32-43(40,41)19-12-13-19)31-23(36)21-10-8-15-34(21)24(37)20(30-26(39)42-27(2,3)4)17-29-22(35)11-9-14-33(5)6/h7,9,11,18-21H,1,8,10,12-17H2,2-6H3,(H,29,35)(H,30,39)(H,31,36)(H,32,38)/t18-,20+,21+,28-/m1/s1. The van der Waals surface area contributed by atoms with Gasteiger partial charge in [-0.3, -0.25) is 23.9 Å². The van der Waals surface area contributed by atoms with Gasteiger partial charge in [0.15, 0.2) is 0 Å². The van der Waals surface area contributed by atoms with Crippen LogP contribution in [0.4, 0.5) is 4.79 Å². The first-order chi connectivity index (χ1) is 20.0. The van der Waals surface area contributed by atoms with Crippen LogP contribution < -0.4 is 20.7 Å². The van der Waals surface area contributed by atoms with E-state index in [4.69, 9.17) is 4.74 Å². The van der Waals surface area contributed by atoms with Crippen LogP contribution in [0.1, 0.15) is 52.9 Å². The van der Waals surface area contributed by atoms with Gasteiger partial charge in [-0.05, 0) is 67.0 Å². The Morgan fingerprint density at radius 3 is 2.37 bits per heavy atom. The van der Waals surface area contributed by atoms with Crippen LogP contribution in [0, 0.1) is 5.92 Å². The second-order valence-corrected chi connectivity index (χ2v) is 14.4. The maximum atomic E-state index is 13.7. The summed E-state index contributed by atoms with van der Waals surface area (Å²) in [6, 6.07) is -2.24. The molecule has 0 aromatic heterocycles. The van der Waals surface area contributed by atoms with Crippen molar-refractivity contribution in [2.24, 2.45) is 5.92 Å². The summed E-state index contributed by atoms with van der Waals surface area (Å²) in [6.45, 7) is 9.14. The molecule has 2 saturated carbocycles. The molecule has 0 bridgehead atoms. The van der Waals surface area contributed by atoms with Gasteiger partial charge in [-0.1, -0.05) is 12.2 Å². The molecule has 3 aliphatic rings. The Bertz CT molecular complexity index is 1260. The van der Waals surface area contributed by atoms with Crippen molar-refractivity contribution in [1.29, 1.82) is 0 Å². The molecule has 2 aliphatic carbocycles. The molecule has 1 aliphatic heterocycles. The molecule has 43 heavy (non-hydrogen) atoms. The number of rotatable bonds is 13. The lowest BCUT2D eigenvalue weighted by atomic mass is 10.1. The highest BCUT2D eigenvalue weighted by atomic mass is 32.2. The highest BCUT2D eigenvalue weighted by Crippen LogP contribution is 2.45. The van der Waals surface area contributed by atoms with Crippen LogP contribution in [0.15, 0.2) is 24.8 Å². The number of hydrogen-bond donors (Lipinski definition) is 4. The Labute approximate surface area is 253 Å². The van der Waals surface area contributed by atoms with E-state index in [-0.39, 0.29) is 25.9 Å². The maximum Gasteiger partial charge on any atom is 0.408 e. The minimum absolute atomic E-state index is 0.172. The average molecular weight is 625 g/mol. The molecule has 0 unspecified atom stereocenters. The summed E-state index contributed by atoms with van der Waals surface area (Å²) in [5.74, 6) is -3.02. The van der Waals surface area contributed by atoms with Crippen molar-refractivity contribution in [3.05, 3.63) is 24.8 Å². The van der Waals surface area contributed by atoms with E-state index in [0.29, 0.717) is 25.8 Å². The molecule has 4 atom stereocenters. The second kappa shape index (κ2) is 13.5. The van der Waals surface area contributed by atoms with Crippen molar-refractivity contribution in [2.75, 3.05) is 33.7 Å². The molecule has 1 heterocycles. The fraction of sp³-hybridized carbons (Fsp3) is 0.679. The van der Waals surface area contributed by atoms with Crippen LogP contribution in [-0.2, 0) is 33.9 Å². The van der Waals surface area contributed by atoms with Gasteiger partial charge >= 0.3 is 6.09 Å². The predicted molar refractivity (Wildman–Crippen MR) is 158 cm³/mol. The number of nitrogens with one attached hydrogen (secondary N) is 4. The number of alkyl carbamates (subject to hydrolysis) is 1. The third kappa shape index (κ3) is 9.26. The summed E-state index contributed by atoms with van der Waals surface area (Å²) >= 11 is 0. The van der Waals surface area contributed by atoms with Crippen molar-refractivity contribution < 1.29 is 37.1 Å². The van der Waals surface area contributed by atoms with E-state index < -0.39 is 74.1 Å². The Morgan fingerprint density at radius 1 is 1.14 bits per heavy atom. The van der Waals surface area contributed by atoms with Crippen molar-refractivity contribution in [3.8, 4) is 0 Å². The molecule has 4 N–H and O–H groups in total. The number of nitrogens with zero attached hydrogens (tertiary/aromatic N) is 2. The average Bonchev–Trinajstić information content (AvgIpc) is 3.81. The largest absolute Gasteiger partial charge is 0.444 e. The number of amides is 5. The molecule has 3 fully saturated rings. The Balaban J connectivity index is 1.73. The fourth-order valence-electron chi connectivity index (χ4n) is 4.80. The van der Waals surface area contributed by atoms with E-state index in [1.807, 2.05) is 19.0 Å². The minimum Gasteiger partial charge on any atom is -0.444 e. The highest BCUT2D eigenvalue weighted by molar-refractivity contribution is 7.91. The van der Waals surface area contributed by atoms with Crippen LogP contribution in [0.2, 0.25) is 0 Å². The number of carbonyl (C=O) groups is 5. The van der Waals surface area contributed by atoms with Crippen molar-refractivity contribution in [1.82, 2.24) is 30.5 Å². The van der Waals surface area contributed by atoms with Gasteiger partial charge in [0.05, 0.1) is 5.25 Å². The molecule has 14 nitrogen and oxygen atoms in total. The maximum absolute atomic E-state index is 13.7. The molecule has 0 aromatic rings. The van der Waals surface area contributed by atoms with E-state index in [2.05, 4.69) is 27.3 Å². The third-order valence-corrected chi connectivity index (χ3v) is 9.12. The van der Waals surface area contributed by atoms with Crippen molar-refractivity contribution in [3.63, 3.8) is 0 Å². The second-order valence-electron chi connectivity index (χ2n) is 12.5. The first-order valence-corrected chi connectivity index (χ1v) is 15.9. The summed E-state index contributed by atoms with van der Waals surface area (Å²) in [7, 11) is -0.158. The monoisotopic (exact) mass is 624 g/mol. The van der Waals surface area contributed by atoms with E-state index in [9.17, 15) is 32.4 Å². The number of carbonyl (C=O) groups excluding carboxylic acids is 5.